The van der Waals surface area contributed by atoms with Crippen LogP contribution in [-0.2, 0) is 4.74 Å². The summed E-state index contributed by atoms with van der Waals surface area (Å²) in [6.45, 7) is 9.23. The van der Waals surface area contributed by atoms with Crippen molar-refractivity contribution in [2.45, 2.75) is 0 Å². The van der Waals surface area contributed by atoms with E-state index in [-0.39, 0.29) is 0 Å². The van der Waals surface area contributed by atoms with E-state index in [2.05, 4.69) is 10.1 Å². The largest absolute Gasteiger partial charge is 0.378 e. The van der Waals surface area contributed by atoms with E-state index in [1.165, 1.54) is 0 Å². The number of hydrogen-bond acceptors (Lipinski definition) is 2. The molecule has 1 aliphatic rings. The van der Waals surface area contributed by atoms with Gasteiger partial charge in [-0.05, 0) is 0 Å². The van der Waals surface area contributed by atoms with Gasteiger partial charge in [-0.1, -0.05) is 0 Å². The highest BCUT2D eigenvalue weighted by molar-refractivity contribution is 5.78. The van der Waals surface area contributed by atoms with Crippen molar-refractivity contribution in [1.82, 2.24) is 4.90 Å². The molecule has 0 aromatic heterocycles. The van der Waals surface area contributed by atoms with Crippen molar-refractivity contribution < 1.29 is 4.74 Å². The highest BCUT2D eigenvalue weighted by atomic mass is 16.5. The second-order valence-electron chi connectivity index (χ2n) is 2.16. The summed E-state index contributed by atoms with van der Waals surface area (Å²) in [6, 6.07) is 0. The molecular formula is C6H10N4O. The maximum absolute atomic E-state index is 6.45. The first-order chi connectivity index (χ1) is 5.34. The molecule has 1 aliphatic heterocycles. The Bertz CT molecular complexity index is 189. The zero-order valence-corrected chi connectivity index (χ0v) is 6.16. The minimum absolute atomic E-state index is 0.295. The molecule has 1 rings (SSSR count). The van der Waals surface area contributed by atoms with Gasteiger partial charge < -0.3 is 15.4 Å². The molecule has 0 saturated carbocycles. The van der Waals surface area contributed by atoms with E-state index in [1.54, 1.807) is 0 Å². The van der Waals surface area contributed by atoms with Crippen LogP contribution in [0, 0.1) is 6.57 Å². The van der Waals surface area contributed by atoms with Crippen molar-refractivity contribution in [3.05, 3.63) is 11.5 Å². The van der Waals surface area contributed by atoms with Gasteiger partial charge in [0.2, 0.25) is 0 Å². The van der Waals surface area contributed by atoms with E-state index >= 15 is 0 Å². The lowest BCUT2D eigenvalue weighted by atomic mass is 10.4. The van der Waals surface area contributed by atoms with Gasteiger partial charge in [-0.25, -0.2) is 0 Å². The lowest BCUT2D eigenvalue weighted by Gasteiger charge is -2.25. The fraction of sp³-hybridized carbons (Fsp3) is 0.667. The lowest BCUT2D eigenvalue weighted by Crippen LogP contribution is -2.44. The highest BCUT2D eigenvalue weighted by Crippen LogP contribution is 1.95. The summed E-state index contributed by atoms with van der Waals surface area (Å²) in [5.74, 6) is 0.295. The molecule has 5 nitrogen and oxygen atoms in total. The summed E-state index contributed by atoms with van der Waals surface area (Å²) in [5, 5.41) is 3.40. The predicted molar refractivity (Wildman–Crippen MR) is 40.6 cm³/mol. The number of guanidine groups is 1. The van der Waals surface area contributed by atoms with Gasteiger partial charge in [0.25, 0.3) is 5.96 Å². The molecule has 0 aromatic carbocycles. The molecule has 5 heteroatoms. The van der Waals surface area contributed by atoms with Gasteiger partial charge in [-0.2, -0.15) is 6.57 Å². The van der Waals surface area contributed by atoms with Crippen LogP contribution in [0.1, 0.15) is 0 Å². The van der Waals surface area contributed by atoms with Crippen LogP contribution in [0.4, 0.5) is 0 Å². The highest BCUT2D eigenvalue weighted by Gasteiger charge is 2.13. The first kappa shape index (κ1) is 7.82. The van der Waals surface area contributed by atoms with Crippen LogP contribution in [0.15, 0.2) is 5.10 Å². The fourth-order valence-electron chi connectivity index (χ4n) is 0.907. The zero-order chi connectivity index (χ0) is 8.10. The van der Waals surface area contributed by atoms with Crippen molar-refractivity contribution in [2.24, 2.45) is 10.8 Å². The molecule has 0 amide bonds. The van der Waals surface area contributed by atoms with Crippen molar-refractivity contribution in [1.29, 1.82) is 0 Å². The second kappa shape index (κ2) is 3.78. The third-order valence-corrected chi connectivity index (χ3v) is 1.49. The summed E-state index contributed by atoms with van der Waals surface area (Å²) in [6.07, 6.45) is 0. The van der Waals surface area contributed by atoms with Crippen LogP contribution in [0.2, 0.25) is 0 Å². The Hall–Kier alpha value is -1.28. The summed E-state index contributed by atoms with van der Waals surface area (Å²) < 4.78 is 5.10. The van der Waals surface area contributed by atoms with Crippen LogP contribution in [0.25, 0.3) is 4.95 Å². The van der Waals surface area contributed by atoms with Crippen molar-refractivity contribution in [3.63, 3.8) is 0 Å². The zero-order valence-electron chi connectivity index (χ0n) is 6.16. The van der Waals surface area contributed by atoms with Gasteiger partial charge in [-0.3, -0.25) is 0 Å². The van der Waals surface area contributed by atoms with E-state index in [1.807, 2.05) is 4.90 Å². The van der Waals surface area contributed by atoms with E-state index < -0.39 is 0 Å². The Labute approximate surface area is 65.2 Å². The van der Waals surface area contributed by atoms with Gasteiger partial charge in [0.15, 0.2) is 0 Å². The normalized spacial score (nSPS) is 19.5. The predicted octanol–water partition coefficient (Wildman–Crippen LogP) is -0.532. The average molecular weight is 154 g/mol. The topological polar surface area (TPSA) is 55.2 Å². The first-order valence-corrected chi connectivity index (χ1v) is 3.37. The molecule has 0 aliphatic carbocycles. The Morgan fingerprint density at radius 3 is 2.73 bits per heavy atom. The minimum Gasteiger partial charge on any atom is -0.378 e. The summed E-state index contributed by atoms with van der Waals surface area (Å²) in [5.41, 5.74) is 5.47. The monoisotopic (exact) mass is 154 g/mol. The molecule has 0 bridgehead atoms. The Balaban J connectivity index is 2.46. The Kier molecular flexibility index (Phi) is 2.69. The molecule has 11 heavy (non-hydrogen) atoms. The van der Waals surface area contributed by atoms with Gasteiger partial charge >= 0.3 is 0 Å². The van der Waals surface area contributed by atoms with E-state index in [0.717, 1.165) is 13.1 Å². The second-order valence-corrected chi connectivity index (χ2v) is 2.16. The van der Waals surface area contributed by atoms with Gasteiger partial charge in [0.1, 0.15) is 5.10 Å². The molecule has 1 saturated heterocycles. The van der Waals surface area contributed by atoms with Crippen LogP contribution < -0.4 is 5.73 Å². The smallest absolute Gasteiger partial charge is 0.278 e. The standard InChI is InChI=1S/C6H10N4O/c1-8-9-6(7)10-2-4-11-5-3-10/h2-5H2,(H2,7,9). The number of nitrogens with two attached hydrogens (primary N) is 1. The van der Waals surface area contributed by atoms with Crippen LogP contribution in [0.5, 0.6) is 0 Å². The van der Waals surface area contributed by atoms with Crippen molar-refractivity contribution in [2.75, 3.05) is 26.3 Å². The molecular weight excluding hydrogens is 144 g/mol. The molecule has 0 unspecified atom stereocenters. The van der Waals surface area contributed by atoms with Crippen molar-refractivity contribution >= 4 is 5.96 Å². The molecule has 0 radical (unpaired) electrons. The van der Waals surface area contributed by atoms with E-state index in [4.69, 9.17) is 17.0 Å². The molecule has 0 aromatic rings. The number of rotatable bonds is 0. The molecule has 0 spiro atoms. The van der Waals surface area contributed by atoms with E-state index in [0.29, 0.717) is 19.2 Å². The number of hydrogen-bond donors (Lipinski definition) is 1. The quantitative estimate of drug-likeness (QED) is 0.221. The number of nitrogens with zero attached hydrogens (tertiary/aromatic N) is 3. The molecule has 1 heterocycles. The van der Waals surface area contributed by atoms with Gasteiger partial charge in [0, 0.05) is 13.1 Å². The average Bonchev–Trinajstić information content (AvgIpc) is 2.07. The van der Waals surface area contributed by atoms with Crippen molar-refractivity contribution in [3.8, 4) is 0 Å². The van der Waals surface area contributed by atoms with Crippen LogP contribution in [0.3, 0.4) is 0 Å². The summed E-state index contributed by atoms with van der Waals surface area (Å²) in [7, 11) is 0. The lowest BCUT2D eigenvalue weighted by molar-refractivity contribution is 0.0675. The Morgan fingerprint density at radius 1 is 1.55 bits per heavy atom. The SMILES string of the molecule is [C-]#[N+]N=C(N)N1CCOCC1. The summed E-state index contributed by atoms with van der Waals surface area (Å²) in [4.78, 5) is 4.68. The maximum atomic E-state index is 6.45. The summed E-state index contributed by atoms with van der Waals surface area (Å²) >= 11 is 0. The molecule has 0 atom stereocenters. The maximum Gasteiger partial charge on any atom is 0.278 e. The molecule has 2 N–H and O–H groups in total. The molecule has 1 fully saturated rings. The van der Waals surface area contributed by atoms with E-state index in [9.17, 15) is 0 Å². The first-order valence-electron chi connectivity index (χ1n) is 3.37. The third kappa shape index (κ3) is 2.09. The number of ether oxygens (including phenoxy) is 1. The minimum atomic E-state index is 0.295. The van der Waals surface area contributed by atoms with Gasteiger partial charge in [-0.15, -0.1) is 4.95 Å². The number of morpholine rings is 1. The van der Waals surface area contributed by atoms with Crippen LogP contribution in [-0.4, -0.2) is 37.2 Å². The fourth-order valence-corrected chi connectivity index (χ4v) is 0.907. The Morgan fingerprint density at radius 2 is 2.18 bits per heavy atom. The molecule has 60 valence electrons. The third-order valence-electron chi connectivity index (χ3n) is 1.49. The van der Waals surface area contributed by atoms with Gasteiger partial charge in [0.05, 0.1) is 13.2 Å². The van der Waals surface area contributed by atoms with Crippen LogP contribution >= 0.6 is 0 Å².